The number of nitrogens with zero attached hydrogens (tertiary/aromatic N) is 1. The molecule has 0 radical (unpaired) electrons. The molecule has 1 heterocycles. The molecular formula is C17H22N2O3S. The van der Waals surface area contributed by atoms with Crippen LogP contribution in [-0.2, 0) is 14.8 Å². The number of aryl methyl sites for hydroxylation is 1. The number of rotatable bonds is 3. The summed E-state index contributed by atoms with van der Waals surface area (Å²) in [6.07, 6.45) is 4.73. The maximum Gasteiger partial charge on any atom is 0.276 e. The van der Waals surface area contributed by atoms with Crippen molar-refractivity contribution in [3.8, 4) is 0 Å². The topological polar surface area (TPSA) is 67.8 Å². The molecule has 6 heteroatoms. The van der Waals surface area contributed by atoms with Gasteiger partial charge in [-0.3, -0.25) is 0 Å². The van der Waals surface area contributed by atoms with E-state index in [2.05, 4.69) is 16.9 Å². The fourth-order valence-electron chi connectivity index (χ4n) is 2.95. The molecule has 0 bridgehead atoms. The maximum atomic E-state index is 12.3. The second-order valence-corrected chi connectivity index (χ2v) is 7.85. The van der Waals surface area contributed by atoms with Crippen LogP contribution >= 0.6 is 0 Å². The third-order valence-corrected chi connectivity index (χ3v) is 5.50. The van der Waals surface area contributed by atoms with Crippen molar-refractivity contribution in [2.75, 3.05) is 0 Å². The largest absolute Gasteiger partial charge is 0.495 e. The van der Waals surface area contributed by atoms with Crippen molar-refractivity contribution in [1.29, 1.82) is 0 Å². The fraction of sp³-hybridized carbons (Fsp3) is 0.471. The molecule has 0 saturated carbocycles. The van der Waals surface area contributed by atoms with E-state index in [1.807, 2.05) is 6.92 Å². The van der Waals surface area contributed by atoms with Gasteiger partial charge in [0.05, 0.1) is 16.7 Å². The lowest BCUT2D eigenvalue weighted by Gasteiger charge is -2.30. The zero-order valence-corrected chi connectivity index (χ0v) is 14.3. The summed E-state index contributed by atoms with van der Waals surface area (Å²) in [7, 11) is -3.63. The summed E-state index contributed by atoms with van der Waals surface area (Å²) < 4.78 is 30.5. The van der Waals surface area contributed by atoms with Crippen molar-refractivity contribution >= 4 is 15.7 Å². The number of nitrogens with one attached hydrogen (secondary N) is 1. The first-order valence-electron chi connectivity index (χ1n) is 8.00. The molecule has 3 rings (SSSR count). The molecular weight excluding hydrogens is 312 g/mol. The van der Waals surface area contributed by atoms with E-state index in [0.29, 0.717) is 0 Å². The highest BCUT2D eigenvalue weighted by Gasteiger charge is 2.26. The first-order chi connectivity index (χ1) is 11.0. The molecule has 0 spiro atoms. The van der Waals surface area contributed by atoms with Crippen molar-refractivity contribution in [3.63, 3.8) is 0 Å². The lowest BCUT2D eigenvalue weighted by Crippen LogP contribution is -2.26. The molecule has 2 aliphatic rings. The summed E-state index contributed by atoms with van der Waals surface area (Å²) >= 11 is 0. The average molecular weight is 334 g/mol. The van der Waals surface area contributed by atoms with Gasteiger partial charge in [-0.15, -0.1) is 0 Å². The van der Waals surface area contributed by atoms with Gasteiger partial charge in [-0.2, -0.15) is 18.4 Å². The highest BCUT2D eigenvalue weighted by Crippen LogP contribution is 2.32. The summed E-state index contributed by atoms with van der Waals surface area (Å²) in [4.78, 5) is 2.61. The first kappa shape index (κ1) is 16.1. The maximum absolute atomic E-state index is 12.3. The minimum absolute atomic E-state index is 0.228. The van der Waals surface area contributed by atoms with Crippen LogP contribution < -0.4 is 4.83 Å². The van der Waals surface area contributed by atoms with Crippen LogP contribution in [0.1, 0.15) is 44.6 Å². The number of ether oxygens (including phenoxy) is 1. The average Bonchev–Trinajstić information content (AvgIpc) is 2.53. The molecule has 1 atom stereocenters. The monoisotopic (exact) mass is 334 g/mol. The Morgan fingerprint density at radius 3 is 2.65 bits per heavy atom. The van der Waals surface area contributed by atoms with E-state index in [0.717, 1.165) is 54.7 Å². The highest BCUT2D eigenvalue weighted by molar-refractivity contribution is 7.89. The standard InChI is InChI=1S/C17H22N2O3S/c1-12-6-9-14(10-7-12)23(20,21)19-18-16-4-3-5-17-15(16)11-8-13(2)22-17/h6-7,9-10,13,19H,3-5,8,11H2,1-2H3/b18-16+. The number of sulfonamides is 1. The number of hydrogen-bond acceptors (Lipinski definition) is 4. The Labute approximate surface area is 137 Å². The van der Waals surface area contributed by atoms with Crippen LogP contribution in [0.2, 0.25) is 0 Å². The number of allylic oxidation sites excluding steroid dienone is 2. The number of hydrogen-bond donors (Lipinski definition) is 1. The number of hydrazone groups is 1. The molecule has 1 aromatic rings. The van der Waals surface area contributed by atoms with Crippen molar-refractivity contribution in [3.05, 3.63) is 41.2 Å². The molecule has 1 aliphatic carbocycles. The van der Waals surface area contributed by atoms with E-state index in [9.17, 15) is 8.42 Å². The lowest BCUT2D eigenvalue weighted by molar-refractivity contribution is 0.0989. The summed E-state index contributed by atoms with van der Waals surface area (Å²) in [5.74, 6) is 0.989. The van der Waals surface area contributed by atoms with Gasteiger partial charge in [-0.25, -0.2) is 0 Å². The van der Waals surface area contributed by atoms with Crippen LogP contribution in [0.5, 0.6) is 0 Å². The van der Waals surface area contributed by atoms with Gasteiger partial charge in [0.25, 0.3) is 10.0 Å². The molecule has 1 unspecified atom stereocenters. The normalized spacial score (nSPS) is 23.4. The Kier molecular flexibility index (Phi) is 4.43. The van der Waals surface area contributed by atoms with Crippen LogP contribution in [0, 0.1) is 6.92 Å². The lowest BCUT2D eigenvalue weighted by atomic mass is 9.89. The molecule has 5 nitrogen and oxygen atoms in total. The van der Waals surface area contributed by atoms with E-state index in [1.165, 1.54) is 0 Å². The van der Waals surface area contributed by atoms with E-state index in [-0.39, 0.29) is 11.0 Å². The molecule has 0 amide bonds. The molecule has 23 heavy (non-hydrogen) atoms. The van der Waals surface area contributed by atoms with Crippen LogP contribution in [0.15, 0.2) is 45.6 Å². The van der Waals surface area contributed by atoms with Gasteiger partial charge in [-0.1, -0.05) is 17.7 Å². The smallest absolute Gasteiger partial charge is 0.276 e. The Balaban J connectivity index is 1.81. The summed E-state index contributed by atoms with van der Waals surface area (Å²) in [6, 6.07) is 6.74. The molecule has 1 N–H and O–H groups in total. The van der Waals surface area contributed by atoms with Crippen molar-refractivity contribution in [2.45, 2.75) is 57.0 Å². The summed E-state index contributed by atoms with van der Waals surface area (Å²) in [5.41, 5.74) is 2.92. The Morgan fingerprint density at radius 1 is 1.17 bits per heavy atom. The van der Waals surface area contributed by atoms with E-state index in [1.54, 1.807) is 24.3 Å². The minimum Gasteiger partial charge on any atom is -0.495 e. The predicted octanol–water partition coefficient (Wildman–Crippen LogP) is 3.27. The Morgan fingerprint density at radius 2 is 1.91 bits per heavy atom. The molecule has 1 aliphatic heterocycles. The van der Waals surface area contributed by atoms with Crippen molar-refractivity contribution in [2.24, 2.45) is 5.10 Å². The third-order valence-electron chi connectivity index (χ3n) is 4.28. The molecule has 124 valence electrons. The molecule has 0 aromatic heterocycles. The Bertz CT molecular complexity index is 749. The van der Waals surface area contributed by atoms with Gasteiger partial charge in [0, 0.05) is 12.0 Å². The fourth-order valence-corrected chi connectivity index (χ4v) is 3.78. The van der Waals surface area contributed by atoms with Crippen molar-refractivity contribution < 1.29 is 13.2 Å². The molecule has 0 fully saturated rings. The van der Waals surface area contributed by atoms with Crippen LogP contribution in [0.4, 0.5) is 0 Å². The van der Waals surface area contributed by atoms with Gasteiger partial charge in [0.1, 0.15) is 5.76 Å². The third kappa shape index (κ3) is 3.58. The SMILES string of the molecule is Cc1ccc(S(=O)(=O)N/N=C2\CCCC3=C2CCC(C)O3)cc1. The first-order valence-corrected chi connectivity index (χ1v) is 9.48. The van der Waals surface area contributed by atoms with Gasteiger partial charge in [0.15, 0.2) is 0 Å². The second kappa shape index (κ2) is 6.35. The van der Waals surface area contributed by atoms with E-state index >= 15 is 0 Å². The van der Waals surface area contributed by atoms with Gasteiger partial charge < -0.3 is 4.74 Å². The zero-order chi connectivity index (χ0) is 16.4. The second-order valence-electron chi connectivity index (χ2n) is 6.19. The minimum atomic E-state index is -3.63. The summed E-state index contributed by atoms with van der Waals surface area (Å²) in [5, 5.41) is 4.20. The zero-order valence-electron chi connectivity index (χ0n) is 13.5. The molecule has 1 aromatic carbocycles. The highest BCUT2D eigenvalue weighted by atomic mass is 32.2. The van der Waals surface area contributed by atoms with Crippen molar-refractivity contribution in [1.82, 2.24) is 4.83 Å². The van der Waals surface area contributed by atoms with Gasteiger partial charge in [-0.05, 0) is 51.7 Å². The van der Waals surface area contributed by atoms with Crippen LogP contribution in [0.25, 0.3) is 0 Å². The predicted molar refractivity (Wildman–Crippen MR) is 89.6 cm³/mol. The number of benzene rings is 1. The molecule has 0 saturated heterocycles. The van der Waals surface area contributed by atoms with E-state index < -0.39 is 10.0 Å². The quantitative estimate of drug-likeness (QED) is 0.863. The Hall–Kier alpha value is -1.82. The van der Waals surface area contributed by atoms with Crippen LogP contribution in [0.3, 0.4) is 0 Å². The van der Waals surface area contributed by atoms with Crippen LogP contribution in [-0.4, -0.2) is 20.2 Å². The van der Waals surface area contributed by atoms with Gasteiger partial charge >= 0.3 is 0 Å². The van der Waals surface area contributed by atoms with Gasteiger partial charge in [0.2, 0.25) is 0 Å². The summed E-state index contributed by atoms with van der Waals surface area (Å²) in [6.45, 7) is 3.99. The van der Waals surface area contributed by atoms with E-state index in [4.69, 9.17) is 4.74 Å².